The number of cyclic esters (lactones) is 1. The zero-order valence-corrected chi connectivity index (χ0v) is 19.8. The lowest BCUT2D eigenvalue weighted by atomic mass is 9.75. The fourth-order valence-electron chi connectivity index (χ4n) is 5.93. The Labute approximate surface area is 197 Å². The molecule has 1 aromatic carbocycles. The number of esters is 1. The number of anilines is 1. The van der Waals surface area contributed by atoms with Crippen molar-refractivity contribution < 1.29 is 24.2 Å². The van der Waals surface area contributed by atoms with Crippen LogP contribution in [-0.4, -0.2) is 69.6 Å². The molecule has 1 aromatic rings. The molecule has 1 spiro atoms. The minimum absolute atomic E-state index is 0.0385. The smallest absolute Gasteiger partial charge is 0.311 e. The second kappa shape index (κ2) is 7.74. The van der Waals surface area contributed by atoms with Gasteiger partial charge in [0.25, 0.3) is 5.91 Å². The monoisotopic (exact) mass is 468 g/mol. The number of aryl methyl sites for hydroxylation is 2. The van der Waals surface area contributed by atoms with E-state index in [1.165, 1.54) is 16.7 Å². The molecule has 8 heteroatoms. The molecule has 33 heavy (non-hydrogen) atoms. The summed E-state index contributed by atoms with van der Waals surface area (Å²) in [6.45, 7) is 6.22. The summed E-state index contributed by atoms with van der Waals surface area (Å²) in [6.07, 6.45) is 7.68. The Kier molecular flexibility index (Phi) is 5.21. The third kappa shape index (κ3) is 3.10. The molecule has 5 rings (SSSR count). The van der Waals surface area contributed by atoms with Gasteiger partial charge in [0.05, 0.1) is 23.2 Å². The zero-order valence-electron chi connectivity index (χ0n) is 19.0. The number of carbonyl (C=O) groups is 3. The van der Waals surface area contributed by atoms with E-state index in [9.17, 15) is 19.5 Å². The Morgan fingerprint density at radius 1 is 1.12 bits per heavy atom. The first kappa shape index (κ1) is 22.2. The third-order valence-corrected chi connectivity index (χ3v) is 9.11. The molecule has 0 radical (unpaired) electrons. The highest BCUT2D eigenvalue weighted by molar-refractivity contribution is 8.02. The van der Waals surface area contributed by atoms with Crippen molar-refractivity contribution in [2.45, 2.75) is 36.3 Å². The SMILES string of the molecule is Cc1ccc(C)c(N2CC=C[C@]34S[C@]5(C)C=CCOC(=O)[C@@H]5[C@H]3C(=O)N(CCO)C4C2=O)c1. The Bertz CT molecular complexity index is 1100. The van der Waals surface area contributed by atoms with Gasteiger partial charge in [-0.05, 0) is 44.0 Å². The van der Waals surface area contributed by atoms with Crippen molar-refractivity contribution in [3.05, 3.63) is 53.6 Å². The van der Waals surface area contributed by atoms with Gasteiger partial charge in [0.15, 0.2) is 0 Å². The van der Waals surface area contributed by atoms with Gasteiger partial charge in [-0.2, -0.15) is 0 Å². The maximum atomic E-state index is 14.2. The number of ether oxygens (including phenoxy) is 1. The van der Waals surface area contributed by atoms with E-state index in [0.717, 1.165) is 16.8 Å². The molecule has 5 atom stereocenters. The number of fused-ring (bicyclic) bond motifs is 2. The van der Waals surface area contributed by atoms with Crippen molar-refractivity contribution in [2.75, 3.05) is 31.2 Å². The maximum absolute atomic E-state index is 14.2. The van der Waals surface area contributed by atoms with Crippen molar-refractivity contribution in [3.63, 3.8) is 0 Å². The number of hydrogen-bond donors (Lipinski definition) is 1. The Morgan fingerprint density at radius 3 is 2.67 bits per heavy atom. The van der Waals surface area contributed by atoms with Gasteiger partial charge < -0.3 is 19.6 Å². The van der Waals surface area contributed by atoms with Gasteiger partial charge in [-0.15, -0.1) is 11.8 Å². The second-order valence-corrected chi connectivity index (χ2v) is 11.2. The molecule has 4 heterocycles. The lowest BCUT2D eigenvalue weighted by Crippen LogP contribution is -2.54. The molecule has 4 aliphatic rings. The molecule has 2 amide bonds. The van der Waals surface area contributed by atoms with Crippen LogP contribution in [0.1, 0.15) is 18.1 Å². The van der Waals surface area contributed by atoms with Crippen LogP contribution < -0.4 is 4.90 Å². The summed E-state index contributed by atoms with van der Waals surface area (Å²) in [5, 5.41) is 9.75. The first-order valence-electron chi connectivity index (χ1n) is 11.3. The molecular weight excluding hydrogens is 440 g/mol. The van der Waals surface area contributed by atoms with Crippen LogP contribution in [0.5, 0.6) is 0 Å². The largest absolute Gasteiger partial charge is 0.461 e. The number of benzene rings is 1. The molecule has 0 saturated carbocycles. The Balaban J connectivity index is 1.66. The number of rotatable bonds is 3. The molecule has 2 saturated heterocycles. The number of nitrogens with zero attached hydrogens (tertiary/aromatic N) is 2. The van der Waals surface area contributed by atoms with Crippen molar-refractivity contribution in [1.29, 1.82) is 0 Å². The molecule has 2 fully saturated rings. The van der Waals surface area contributed by atoms with E-state index >= 15 is 0 Å². The van der Waals surface area contributed by atoms with Crippen LogP contribution >= 0.6 is 11.8 Å². The van der Waals surface area contributed by atoms with Crippen LogP contribution in [0.15, 0.2) is 42.5 Å². The van der Waals surface area contributed by atoms with Crippen LogP contribution in [0.4, 0.5) is 5.69 Å². The minimum atomic E-state index is -0.921. The number of aliphatic hydroxyl groups excluding tert-OH is 1. The number of β-amino-alcohol motifs (C(OH)–C–C–N with tert-alkyl or cyclic N) is 1. The van der Waals surface area contributed by atoms with Crippen LogP contribution in [0.25, 0.3) is 0 Å². The standard InChI is InChI=1S/C25H28N2O5S/c1-15-6-7-16(2)17(14-15)26-10-4-9-25-18(21(29)27(11-12-28)20(25)22(26)30)19-23(31)32-13-5-8-24(19,3)33-25/h4-9,14,18-20,28H,10-13H2,1-3H3/t18-,19-,20?,24+,25-/m0/s1. The molecule has 1 unspecified atom stereocenters. The lowest BCUT2D eigenvalue weighted by Gasteiger charge is -2.36. The maximum Gasteiger partial charge on any atom is 0.311 e. The first-order chi connectivity index (χ1) is 15.7. The van der Waals surface area contributed by atoms with E-state index in [0.29, 0.717) is 6.54 Å². The average Bonchev–Trinajstić information content (AvgIpc) is 3.01. The molecular formula is C25H28N2O5S. The van der Waals surface area contributed by atoms with Crippen molar-refractivity contribution in [3.8, 4) is 0 Å². The topological polar surface area (TPSA) is 87.2 Å². The third-order valence-electron chi connectivity index (χ3n) is 7.31. The van der Waals surface area contributed by atoms with Gasteiger partial charge in [0.1, 0.15) is 12.6 Å². The lowest BCUT2D eigenvalue weighted by molar-refractivity contribution is -0.152. The molecule has 1 N–H and O–H groups in total. The van der Waals surface area contributed by atoms with Crippen molar-refractivity contribution in [2.24, 2.45) is 11.8 Å². The summed E-state index contributed by atoms with van der Waals surface area (Å²) >= 11 is 1.50. The first-order valence-corrected chi connectivity index (χ1v) is 12.1. The Morgan fingerprint density at radius 2 is 1.91 bits per heavy atom. The van der Waals surface area contributed by atoms with E-state index in [2.05, 4.69) is 0 Å². The second-order valence-electron chi connectivity index (χ2n) is 9.43. The predicted octanol–water partition coefficient (Wildman–Crippen LogP) is 2.00. The van der Waals surface area contributed by atoms with Gasteiger partial charge in [-0.25, -0.2) is 0 Å². The molecule has 0 bridgehead atoms. The van der Waals surface area contributed by atoms with Crippen molar-refractivity contribution in [1.82, 2.24) is 4.90 Å². The number of likely N-dealkylation sites (tertiary alicyclic amines) is 1. The van der Waals surface area contributed by atoms with Gasteiger partial charge in [-0.1, -0.05) is 30.4 Å². The molecule has 0 aromatic heterocycles. The van der Waals surface area contributed by atoms with E-state index in [1.807, 2.05) is 63.3 Å². The fraction of sp³-hybridized carbons (Fsp3) is 0.480. The highest BCUT2D eigenvalue weighted by Crippen LogP contribution is 2.65. The fourth-order valence-corrected chi connectivity index (χ4v) is 8.08. The zero-order chi connectivity index (χ0) is 23.5. The van der Waals surface area contributed by atoms with E-state index in [1.54, 1.807) is 4.90 Å². The summed E-state index contributed by atoms with van der Waals surface area (Å²) in [5.74, 6) is -2.32. The minimum Gasteiger partial charge on any atom is -0.461 e. The normalized spacial score (nSPS) is 35.2. The van der Waals surface area contributed by atoms with E-state index < -0.39 is 33.3 Å². The van der Waals surface area contributed by atoms with Crippen molar-refractivity contribution >= 4 is 35.2 Å². The van der Waals surface area contributed by atoms with Gasteiger partial charge >= 0.3 is 5.97 Å². The van der Waals surface area contributed by atoms with Gasteiger partial charge in [0.2, 0.25) is 5.91 Å². The predicted molar refractivity (Wildman–Crippen MR) is 126 cm³/mol. The summed E-state index contributed by atoms with van der Waals surface area (Å²) in [4.78, 5) is 44.2. The van der Waals surface area contributed by atoms with Crippen LogP contribution in [0, 0.1) is 25.7 Å². The molecule has 174 valence electrons. The van der Waals surface area contributed by atoms with E-state index in [-0.39, 0.29) is 31.6 Å². The summed E-state index contributed by atoms with van der Waals surface area (Å²) in [5.41, 5.74) is 2.82. The quantitative estimate of drug-likeness (QED) is 0.539. The summed E-state index contributed by atoms with van der Waals surface area (Å²) < 4.78 is 3.82. The van der Waals surface area contributed by atoms with Crippen LogP contribution in [0.2, 0.25) is 0 Å². The number of thioether (sulfide) groups is 1. The van der Waals surface area contributed by atoms with Crippen LogP contribution in [0.3, 0.4) is 0 Å². The van der Waals surface area contributed by atoms with Gasteiger partial charge in [-0.3, -0.25) is 14.4 Å². The number of aliphatic hydroxyl groups is 1. The highest BCUT2D eigenvalue weighted by Gasteiger charge is 2.74. The molecule has 0 aliphatic carbocycles. The highest BCUT2D eigenvalue weighted by atomic mass is 32.2. The average molecular weight is 469 g/mol. The van der Waals surface area contributed by atoms with Gasteiger partial charge in [0, 0.05) is 23.5 Å². The number of amides is 2. The number of carbonyl (C=O) groups excluding carboxylic acids is 3. The molecule has 7 nitrogen and oxygen atoms in total. The number of hydrogen-bond acceptors (Lipinski definition) is 6. The Hall–Kier alpha value is -2.58. The van der Waals surface area contributed by atoms with E-state index in [4.69, 9.17) is 4.74 Å². The molecule has 4 aliphatic heterocycles. The van der Waals surface area contributed by atoms with Crippen LogP contribution in [-0.2, 0) is 19.1 Å². The summed E-state index contributed by atoms with van der Waals surface area (Å²) in [7, 11) is 0. The summed E-state index contributed by atoms with van der Waals surface area (Å²) in [6, 6.07) is 5.15.